The van der Waals surface area contributed by atoms with Crippen molar-refractivity contribution in [2.45, 2.75) is 4.90 Å². The van der Waals surface area contributed by atoms with Gasteiger partial charge in [0.25, 0.3) is 0 Å². The predicted octanol–water partition coefficient (Wildman–Crippen LogP) is 2.19. The maximum absolute atomic E-state index is 12.1. The molecular formula is C6H7Cl2FO2S. The van der Waals surface area contributed by atoms with Crippen molar-refractivity contribution in [2.24, 2.45) is 0 Å². The molecule has 0 aliphatic rings. The van der Waals surface area contributed by atoms with Crippen LogP contribution in [0.2, 0.25) is 0 Å². The molecule has 0 spiro atoms. The Morgan fingerprint density at radius 2 is 1.42 bits per heavy atom. The van der Waals surface area contributed by atoms with Crippen molar-refractivity contribution in [1.82, 2.24) is 0 Å². The molecule has 0 saturated carbocycles. The van der Waals surface area contributed by atoms with Crippen molar-refractivity contribution in [3.05, 3.63) is 30.3 Å². The molecule has 0 saturated heterocycles. The fourth-order valence-corrected chi connectivity index (χ4v) is 1.07. The second-order valence-electron chi connectivity index (χ2n) is 1.75. The normalized spacial score (nSPS) is 9.42. The fraction of sp³-hybridized carbons (Fsp3) is 0. The zero-order valence-corrected chi connectivity index (χ0v) is 8.26. The Kier molecular flexibility index (Phi) is 6.34. The maximum Gasteiger partial charge on any atom is 0.332 e. The Hall–Kier alpha value is -0.320. The number of hydrogen-bond acceptors (Lipinski definition) is 2. The molecule has 0 aliphatic carbocycles. The molecule has 0 bridgehead atoms. The van der Waals surface area contributed by atoms with E-state index in [9.17, 15) is 12.3 Å². The average molecular weight is 233 g/mol. The van der Waals surface area contributed by atoms with Crippen LogP contribution in [0.25, 0.3) is 0 Å². The number of benzene rings is 1. The van der Waals surface area contributed by atoms with Crippen LogP contribution in [0, 0.1) is 0 Å². The highest BCUT2D eigenvalue weighted by Gasteiger charge is 2.08. The Morgan fingerprint density at radius 1 is 1.00 bits per heavy atom. The number of rotatable bonds is 1. The van der Waals surface area contributed by atoms with Crippen LogP contribution in [-0.2, 0) is 10.2 Å². The summed E-state index contributed by atoms with van der Waals surface area (Å²) in [6.45, 7) is 0. The maximum atomic E-state index is 12.1. The van der Waals surface area contributed by atoms with Gasteiger partial charge in [-0.05, 0) is 12.1 Å². The zero-order chi connectivity index (χ0) is 7.61. The van der Waals surface area contributed by atoms with Crippen molar-refractivity contribution in [1.29, 1.82) is 0 Å². The Morgan fingerprint density at radius 3 is 1.67 bits per heavy atom. The minimum Gasteiger partial charge on any atom is -0.189 e. The second-order valence-corrected chi connectivity index (χ2v) is 3.10. The van der Waals surface area contributed by atoms with Gasteiger partial charge in [0.15, 0.2) is 0 Å². The van der Waals surface area contributed by atoms with Crippen molar-refractivity contribution >= 4 is 35.0 Å². The van der Waals surface area contributed by atoms with Gasteiger partial charge >= 0.3 is 10.2 Å². The van der Waals surface area contributed by atoms with E-state index in [1.54, 1.807) is 6.07 Å². The van der Waals surface area contributed by atoms with E-state index in [4.69, 9.17) is 0 Å². The molecule has 70 valence electrons. The minimum absolute atomic E-state index is 0. The van der Waals surface area contributed by atoms with Gasteiger partial charge in [-0.15, -0.1) is 28.7 Å². The summed E-state index contributed by atoms with van der Waals surface area (Å²) in [6.07, 6.45) is 0. The summed E-state index contributed by atoms with van der Waals surface area (Å²) in [4.78, 5) is -0.296. The van der Waals surface area contributed by atoms with E-state index in [0.29, 0.717) is 0 Å². The van der Waals surface area contributed by atoms with Gasteiger partial charge in [-0.3, -0.25) is 0 Å². The number of hydrogen-bond donors (Lipinski definition) is 0. The largest absolute Gasteiger partial charge is 0.332 e. The first kappa shape index (κ1) is 14.2. The summed E-state index contributed by atoms with van der Waals surface area (Å²) in [5.41, 5.74) is 0. The van der Waals surface area contributed by atoms with E-state index in [0.717, 1.165) is 0 Å². The van der Waals surface area contributed by atoms with Gasteiger partial charge in [-0.2, -0.15) is 8.42 Å². The molecule has 0 radical (unpaired) electrons. The molecule has 0 aliphatic heterocycles. The first-order valence-corrected chi connectivity index (χ1v) is 3.99. The first-order valence-electron chi connectivity index (χ1n) is 2.60. The lowest BCUT2D eigenvalue weighted by molar-refractivity contribution is 0.552. The van der Waals surface area contributed by atoms with Crippen LogP contribution in [0.15, 0.2) is 35.2 Å². The van der Waals surface area contributed by atoms with Crippen LogP contribution in [0.5, 0.6) is 0 Å². The van der Waals surface area contributed by atoms with Gasteiger partial charge in [-0.1, -0.05) is 18.2 Å². The summed E-state index contributed by atoms with van der Waals surface area (Å²) in [7, 11) is -4.50. The van der Waals surface area contributed by atoms with Crippen molar-refractivity contribution in [3.8, 4) is 0 Å². The molecule has 1 rings (SSSR count). The smallest absolute Gasteiger partial charge is 0.189 e. The Labute approximate surface area is 82.8 Å². The highest BCUT2D eigenvalue weighted by molar-refractivity contribution is 7.86. The van der Waals surface area contributed by atoms with Gasteiger partial charge in [0, 0.05) is 0 Å². The summed E-state index contributed by atoms with van der Waals surface area (Å²) in [6, 6.07) is 6.96. The van der Waals surface area contributed by atoms with Gasteiger partial charge in [0.05, 0.1) is 4.90 Å². The lowest BCUT2D eigenvalue weighted by Gasteiger charge is -1.89. The summed E-state index contributed by atoms with van der Waals surface area (Å²) >= 11 is 0. The second kappa shape index (κ2) is 5.35. The summed E-state index contributed by atoms with van der Waals surface area (Å²) < 4.78 is 32.4. The van der Waals surface area contributed by atoms with Crippen LogP contribution in [0.4, 0.5) is 3.89 Å². The van der Waals surface area contributed by atoms with Gasteiger partial charge in [-0.25, -0.2) is 0 Å². The van der Waals surface area contributed by atoms with Crippen LogP contribution >= 0.6 is 24.8 Å². The van der Waals surface area contributed by atoms with Crippen LogP contribution < -0.4 is 0 Å². The molecule has 1 aromatic rings. The Bertz CT molecular complexity index is 312. The topological polar surface area (TPSA) is 34.1 Å². The average Bonchev–Trinajstić information content (AvgIpc) is 1.88. The molecule has 1 aromatic carbocycles. The zero-order valence-electron chi connectivity index (χ0n) is 5.81. The van der Waals surface area contributed by atoms with Gasteiger partial charge in [0.1, 0.15) is 0 Å². The molecule has 6 heteroatoms. The molecule has 12 heavy (non-hydrogen) atoms. The van der Waals surface area contributed by atoms with Crippen LogP contribution in [-0.4, -0.2) is 8.42 Å². The SMILES string of the molecule is Cl.Cl.O=S(=O)(F)c1ccccc1. The van der Waals surface area contributed by atoms with E-state index in [-0.39, 0.29) is 29.7 Å². The van der Waals surface area contributed by atoms with E-state index in [1.807, 2.05) is 0 Å². The molecule has 0 N–H and O–H groups in total. The van der Waals surface area contributed by atoms with E-state index < -0.39 is 10.2 Å². The fourth-order valence-electron chi connectivity index (χ4n) is 0.583. The molecule has 0 amide bonds. The monoisotopic (exact) mass is 232 g/mol. The summed E-state index contributed by atoms with van der Waals surface area (Å²) in [5, 5.41) is 0. The highest BCUT2D eigenvalue weighted by Crippen LogP contribution is 2.09. The molecule has 0 unspecified atom stereocenters. The van der Waals surface area contributed by atoms with Gasteiger partial charge < -0.3 is 0 Å². The lowest BCUT2D eigenvalue weighted by Crippen LogP contribution is -1.89. The first-order chi connectivity index (χ1) is 4.61. The van der Waals surface area contributed by atoms with Gasteiger partial charge in [0.2, 0.25) is 0 Å². The molecule has 0 heterocycles. The van der Waals surface area contributed by atoms with Crippen LogP contribution in [0.1, 0.15) is 0 Å². The molecule has 0 atom stereocenters. The molecule has 0 aromatic heterocycles. The third-order valence-electron chi connectivity index (χ3n) is 1.02. The van der Waals surface area contributed by atoms with Crippen molar-refractivity contribution in [2.75, 3.05) is 0 Å². The van der Waals surface area contributed by atoms with Crippen molar-refractivity contribution < 1.29 is 12.3 Å². The highest BCUT2D eigenvalue weighted by atomic mass is 35.5. The van der Waals surface area contributed by atoms with E-state index in [2.05, 4.69) is 0 Å². The third kappa shape index (κ3) is 3.90. The number of halogens is 3. The predicted molar refractivity (Wildman–Crippen MR) is 49.2 cm³/mol. The molecule has 2 nitrogen and oxygen atoms in total. The molecule has 0 fully saturated rings. The third-order valence-corrected chi connectivity index (χ3v) is 1.86. The van der Waals surface area contributed by atoms with Crippen molar-refractivity contribution in [3.63, 3.8) is 0 Å². The lowest BCUT2D eigenvalue weighted by atomic mass is 10.4. The van der Waals surface area contributed by atoms with Crippen LogP contribution in [0.3, 0.4) is 0 Å². The minimum atomic E-state index is -4.50. The molecular weight excluding hydrogens is 226 g/mol. The quantitative estimate of drug-likeness (QED) is 0.696. The van der Waals surface area contributed by atoms with E-state index >= 15 is 0 Å². The van der Waals surface area contributed by atoms with E-state index in [1.165, 1.54) is 24.3 Å². The standard InChI is InChI=1S/C6H5FO2S.2ClH/c7-10(8,9)6-4-2-1-3-5-6;;/h1-5H;2*1H. The summed E-state index contributed by atoms with van der Waals surface area (Å²) in [5.74, 6) is 0. The Balaban J connectivity index is 0.